The Morgan fingerprint density at radius 3 is 2.88 bits per heavy atom. The number of aliphatic imine (C=N–C) groups is 1. The highest BCUT2D eigenvalue weighted by Crippen LogP contribution is 2.31. The minimum Gasteiger partial charge on any atom is -0.383 e. The first kappa shape index (κ1) is 19.3. The second-order valence-electron chi connectivity index (χ2n) is 5.11. The topological polar surface area (TPSA) is 79.8 Å². The Bertz CT molecular complexity index is 679. The van der Waals surface area contributed by atoms with Crippen LogP contribution in [0.4, 0.5) is 18.9 Å². The number of hydrogen-bond donors (Lipinski definition) is 2. The lowest BCUT2D eigenvalue weighted by atomic mass is 10.2. The van der Waals surface area contributed by atoms with Crippen molar-refractivity contribution < 1.29 is 27.5 Å². The number of methoxy groups -OCH3 is 1. The van der Waals surface area contributed by atoms with Crippen molar-refractivity contribution in [2.75, 3.05) is 25.6 Å². The van der Waals surface area contributed by atoms with Crippen LogP contribution in [0, 0.1) is 0 Å². The summed E-state index contributed by atoms with van der Waals surface area (Å²) in [7, 11) is 1.53. The number of amidine groups is 1. The van der Waals surface area contributed by atoms with Gasteiger partial charge in [0.1, 0.15) is 5.25 Å². The highest BCUT2D eigenvalue weighted by molar-refractivity contribution is 8.15. The minimum atomic E-state index is -4.49. The van der Waals surface area contributed by atoms with Crippen molar-refractivity contribution in [3.8, 4) is 0 Å². The number of amides is 2. The molecule has 0 radical (unpaired) electrons. The summed E-state index contributed by atoms with van der Waals surface area (Å²) in [5.41, 5.74) is -0.830. The number of benzene rings is 1. The summed E-state index contributed by atoms with van der Waals surface area (Å²) < 4.78 is 42.8. The van der Waals surface area contributed by atoms with Gasteiger partial charge in [0.15, 0.2) is 5.17 Å². The molecule has 1 fully saturated rings. The summed E-state index contributed by atoms with van der Waals surface area (Å²) in [4.78, 5) is 27.9. The van der Waals surface area contributed by atoms with E-state index in [0.717, 1.165) is 23.9 Å². The number of hydrogen-bond acceptors (Lipinski definition) is 5. The van der Waals surface area contributed by atoms with Crippen LogP contribution in [0.3, 0.4) is 0 Å². The molecule has 0 spiro atoms. The summed E-state index contributed by atoms with van der Waals surface area (Å²) in [5, 5.41) is 4.66. The van der Waals surface area contributed by atoms with Gasteiger partial charge < -0.3 is 15.4 Å². The molecule has 0 aromatic heterocycles. The van der Waals surface area contributed by atoms with Crippen LogP contribution in [0.2, 0.25) is 0 Å². The molecule has 1 saturated heterocycles. The van der Waals surface area contributed by atoms with Gasteiger partial charge in [-0.3, -0.25) is 14.6 Å². The molecule has 2 amide bonds. The predicted molar refractivity (Wildman–Crippen MR) is 88.4 cm³/mol. The molecule has 1 aliphatic heterocycles. The largest absolute Gasteiger partial charge is 0.416 e. The maximum absolute atomic E-state index is 12.7. The molecule has 0 aliphatic carbocycles. The summed E-state index contributed by atoms with van der Waals surface area (Å²) in [5.74, 6) is -0.912. The van der Waals surface area contributed by atoms with Gasteiger partial charge in [-0.2, -0.15) is 13.2 Å². The molecule has 1 aromatic carbocycles. The molecule has 0 saturated carbocycles. The van der Waals surface area contributed by atoms with Crippen molar-refractivity contribution in [3.63, 3.8) is 0 Å². The average Bonchev–Trinajstić information content (AvgIpc) is 2.87. The maximum Gasteiger partial charge on any atom is 0.416 e. The van der Waals surface area contributed by atoms with E-state index in [9.17, 15) is 22.8 Å². The van der Waals surface area contributed by atoms with Gasteiger partial charge in [-0.25, -0.2) is 0 Å². The van der Waals surface area contributed by atoms with Crippen molar-refractivity contribution in [3.05, 3.63) is 29.8 Å². The number of halogens is 3. The van der Waals surface area contributed by atoms with Crippen molar-refractivity contribution in [2.45, 2.75) is 17.8 Å². The van der Waals surface area contributed by atoms with E-state index in [1.165, 1.54) is 19.2 Å². The molecule has 0 bridgehead atoms. The molecule has 136 valence electrons. The second-order valence-corrected chi connectivity index (χ2v) is 6.30. The standard InChI is InChI=1S/C15H16F3N3O3S/c1-24-6-5-19-14-21-13(23)11(25-14)8-12(22)20-10-4-2-3-9(7-10)15(16,17)18/h2-4,7,11H,5-6,8H2,1H3,(H,20,22)(H,19,21,23)/t11-/m0/s1. The predicted octanol–water partition coefficient (Wildman–Crippen LogP) is 2.27. The Hall–Kier alpha value is -2.07. The zero-order valence-corrected chi connectivity index (χ0v) is 14.0. The molecule has 10 heteroatoms. The summed E-state index contributed by atoms with van der Waals surface area (Å²) >= 11 is 1.11. The zero-order chi connectivity index (χ0) is 18.4. The van der Waals surface area contributed by atoms with Crippen molar-refractivity contribution >= 4 is 34.4 Å². The zero-order valence-electron chi connectivity index (χ0n) is 13.2. The smallest absolute Gasteiger partial charge is 0.383 e. The van der Waals surface area contributed by atoms with E-state index in [1.807, 2.05) is 0 Å². The third-order valence-corrected chi connectivity index (χ3v) is 4.29. The Kier molecular flexibility index (Phi) is 6.43. The number of carbonyl (C=O) groups excluding carboxylic acids is 2. The van der Waals surface area contributed by atoms with Gasteiger partial charge >= 0.3 is 6.18 Å². The van der Waals surface area contributed by atoms with Crippen LogP contribution in [-0.2, 0) is 20.5 Å². The summed E-state index contributed by atoms with van der Waals surface area (Å²) in [6, 6.07) is 4.32. The van der Waals surface area contributed by atoms with E-state index >= 15 is 0 Å². The molecule has 25 heavy (non-hydrogen) atoms. The lowest BCUT2D eigenvalue weighted by molar-refractivity contribution is -0.137. The molecule has 0 unspecified atom stereocenters. The van der Waals surface area contributed by atoms with Gasteiger partial charge in [0.05, 0.1) is 18.7 Å². The van der Waals surface area contributed by atoms with E-state index in [1.54, 1.807) is 0 Å². The van der Waals surface area contributed by atoms with Crippen molar-refractivity contribution in [1.82, 2.24) is 5.32 Å². The Morgan fingerprint density at radius 1 is 1.44 bits per heavy atom. The number of ether oxygens (including phenoxy) is 1. The van der Waals surface area contributed by atoms with Gasteiger partial charge in [0.2, 0.25) is 11.8 Å². The normalized spacial score (nSPS) is 19.1. The number of anilines is 1. The molecule has 2 N–H and O–H groups in total. The first-order valence-corrected chi connectivity index (χ1v) is 8.15. The van der Waals surface area contributed by atoms with E-state index in [-0.39, 0.29) is 18.0 Å². The van der Waals surface area contributed by atoms with E-state index in [0.29, 0.717) is 18.3 Å². The number of alkyl halides is 3. The molecular formula is C15H16F3N3O3S. The van der Waals surface area contributed by atoms with E-state index < -0.39 is 22.9 Å². The third kappa shape index (κ3) is 5.75. The number of nitrogens with zero attached hydrogens (tertiary/aromatic N) is 1. The van der Waals surface area contributed by atoms with Crippen molar-refractivity contribution in [2.24, 2.45) is 4.99 Å². The molecule has 2 rings (SSSR count). The molecule has 1 aliphatic rings. The van der Waals surface area contributed by atoms with Crippen molar-refractivity contribution in [1.29, 1.82) is 0 Å². The molecule has 1 atom stereocenters. The summed E-state index contributed by atoms with van der Waals surface area (Å²) in [6.07, 6.45) is -4.66. The fourth-order valence-electron chi connectivity index (χ4n) is 2.01. The fraction of sp³-hybridized carbons (Fsp3) is 0.400. The number of thioether (sulfide) groups is 1. The van der Waals surface area contributed by atoms with Crippen LogP contribution in [0.25, 0.3) is 0 Å². The van der Waals surface area contributed by atoms with Crippen LogP contribution >= 0.6 is 11.8 Å². The second kappa shape index (κ2) is 8.34. The van der Waals surface area contributed by atoms with Gasteiger partial charge in [-0.15, -0.1) is 0 Å². The Morgan fingerprint density at radius 2 is 2.20 bits per heavy atom. The lowest BCUT2D eigenvalue weighted by Gasteiger charge is -2.10. The van der Waals surface area contributed by atoms with Crippen LogP contribution < -0.4 is 10.6 Å². The van der Waals surface area contributed by atoms with Crippen LogP contribution in [0.5, 0.6) is 0 Å². The third-order valence-electron chi connectivity index (χ3n) is 3.17. The highest BCUT2D eigenvalue weighted by Gasteiger charge is 2.33. The van der Waals surface area contributed by atoms with Crippen LogP contribution in [-0.4, -0.2) is 42.5 Å². The Balaban J connectivity index is 1.92. The van der Waals surface area contributed by atoms with Crippen LogP contribution in [0.1, 0.15) is 12.0 Å². The molecule has 6 nitrogen and oxygen atoms in total. The SMILES string of the molecule is COCCN=C1NC(=O)[C@H](CC(=O)Nc2cccc(C(F)(F)F)c2)S1. The molecule has 1 aromatic rings. The van der Waals surface area contributed by atoms with E-state index in [2.05, 4.69) is 15.6 Å². The average molecular weight is 375 g/mol. The maximum atomic E-state index is 12.7. The first-order chi connectivity index (χ1) is 11.8. The number of nitrogens with one attached hydrogen (secondary N) is 2. The molecular weight excluding hydrogens is 359 g/mol. The van der Waals surface area contributed by atoms with Gasteiger partial charge in [-0.1, -0.05) is 17.8 Å². The first-order valence-electron chi connectivity index (χ1n) is 7.27. The van der Waals surface area contributed by atoms with Gasteiger partial charge in [-0.05, 0) is 18.2 Å². The van der Waals surface area contributed by atoms with Gasteiger partial charge in [0, 0.05) is 19.2 Å². The van der Waals surface area contributed by atoms with E-state index in [4.69, 9.17) is 4.74 Å². The highest BCUT2D eigenvalue weighted by atomic mass is 32.2. The van der Waals surface area contributed by atoms with Gasteiger partial charge in [0.25, 0.3) is 0 Å². The quantitative estimate of drug-likeness (QED) is 0.748. The number of rotatable bonds is 6. The monoisotopic (exact) mass is 375 g/mol. The number of carbonyl (C=O) groups is 2. The minimum absolute atomic E-state index is 0.0252. The molecule has 1 heterocycles. The Labute approximate surface area is 146 Å². The summed E-state index contributed by atoms with van der Waals surface area (Å²) in [6.45, 7) is 0.781. The lowest BCUT2D eigenvalue weighted by Crippen LogP contribution is -2.28. The van der Waals surface area contributed by atoms with Crippen LogP contribution in [0.15, 0.2) is 29.3 Å². The fourth-order valence-corrected chi connectivity index (χ4v) is 3.00.